The van der Waals surface area contributed by atoms with Gasteiger partial charge in [0, 0.05) is 0 Å². The summed E-state index contributed by atoms with van der Waals surface area (Å²) in [4.78, 5) is 0.314. The van der Waals surface area contributed by atoms with Crippen LogP contribution in [0.25, 0.3) is 0 Å². The molecule has 0 spiro atoms. The van der Waals surface area contributed by atoms with Gasteiger partial charge in [0.1, 0.15) is 5.37 Å². The quantitative estimate of drug-likeness (QED) is 0.854. The zero-order valence-corrected chi connectivity index (χ0v) is 9.92. The van der Waals surface area contributed by atoms with Gasteiger partial charge in [-0.1, -0.05) is 31.0 Å². The summed E-state index contributed by atoms with van der Waals surface area (Å²) in [6.45, 7) is 3.84. The van der Waals surface area contributed by atoms with Crippen LogP contribution in [0.15, 0.2) is 29.2 Å². The molecule has 0 radical (unpaired) electrons. The van der Waals surface area contributed by atoms with Crippen LogP contribution in [0.1, 0.15) is 25.3 Å². The maximum absolute atomic E-state index is 11.9. The van der Waals surface area contributed by atoms with E-state index in [9.17, 15) is 8.42 Å². The van der Waals surface area contributed by atoms with Crippen LogP contribution in [0.3, 0.4) is 0 Å². The number of aryl methyl sites for hydroxylation is 1. The molecule has 3 nitrogen and oxygen atoms in total. The fraction of sp³-hybridized carbons (Fsp3) is 0.455. The Bertz CT molecular complexity index is 409. The first-order chi connectivity index (χ1) is 6.98. The minimum absolute atomic E-state index is 0.314. The number of hydrogen-bond donors (Lipinski definition) is 1. The third-order valence-electron chi connectivity index (χ3n) is 2.32. The monoisotopic (exact) mass is 227 g/mol. The van der Waals surface area contributed by atoms with Crippen LogP contribution in [-0.4, -0.2) is 13.8 Å². The van der Waals surface area contributed by atoms with E-state index >= 15 is 0 Å². The van der Waals surface area contributed by atoms with Gasteiger partial charge in [-0.25, -0.2) is 8.42 Å². The molecule has 0 aliphatic carbocycles. The summed E-state index contributed by atoms with van der Waals surface area (Å²) < 4.78 is 23.8. The van der Waals surface area contributed by atoms with Gasteiger partial charge < -0.3 is 5.73 Å². The Labute approximate surface area is 91.2 Å². The van der Waals surface area contributed by atoms with Crippen LogP contribution >= 0.6 is 0 Å². The highest BCUT2D eigenvalue weighted by atomic mass is 32.2. The second-order valence-corrected chi connectivity index (χ2v) is 5.85. The summed E-state index contributed by atoms with van der Waals surface area (Å²) in [6.07, 6.45) is 1.27. The molecule has 0 saturated heterocycles. The lowest BCUT2D eigenvalue weighted by atomic mass is 10.2. The van der Waals surface area contributed by atoms with Crippen molar-refractivity contribution in [3.63, 3.8) is 0 Å². The summed E-state index contributed by atoms with van der Waals surface area (Å²) in [5.74, 6) is 0. The number of nitrogens with two attached hydrogens (primary N) is 1. The third kappa shape index (κ3) is 2.79. The highest BCUT2D eigenvalue weighted by molar-refractivity contribution is 7.92. The summed E-state index contributed by atoms with van der Waals surface area (Å²) >= 11 is 0. The molecule has 1 unspecified atom stereocenters. The van der Waals surface area contributed by atoms with Crippen molar-refractivity contribution in [3.05, 3.63) is 29.8 Å². The summed E-state index contributed by atoms with van der Waals surface area (Å²) in [5, 5.41) is -0.787. The smallest absolute Gasteiger partial charge is 0.193 e. The fourth-order valence-electron chi connectivity index (χ4n) is 1.34. The number of hydrogen-bond acceptors (Lipinski definition) is 3. The zero-order valence-electron chi connectivity index (χ0n) is 9.10. The number of rotatable bonds is 4. The van der Waals surface area contributed by atoms with E-state index in [2.05, 4.69) is 0 Å². The molecule has 1 aromatic carbocycles. The topological polar surface area (TPSA) is 60.2 Å². The van der Waals surface area contributed by atoms with Crippen molar-refractivity contribution in [1.29, 1.82) is 0 Å². The van der Waals surface area contributed by atoms with Gasteiger partial charge in [-0.05, 0) is 25.5 Å². The first kappa shape index (κ1) is 12.2. The lowest BCUT2D eigenvalue weighted by molar-refractivity contribution is 0.571. The SMILES string of the molecule is CCCC(N)S(=O)(=O)c1ccc(C)cc1. The molecule has 15 heavy (non-hydrogen) atoms. The maximum atomic E-state index is 11.9. The van der Waals surface area contributed by atoms with Crippen LogP contribution in [0.4, 0.5) is 0 Å². The minimum atomic E-state index is -3.34. The maximum Gasteiger partial charge on any atom is 0.193 e. The number of benzene rings is 1. The lowest BCUT2D eigenvalue weighted by Crippen LogP contribution is -2.30. The normalized spacial score (nSPS) is 13.8. The Hall–Kier alpha value is -0.870. The summed E-state index contributed by atoms with van der Waals surface area (Å²) in [5.41, 5.74) is 6.68. The van der Waals surface area contributed by atoms with Gasteiger partial charge >= 0.3 is 0 Å². The molecular weight excluding hydrogens is 210 g/mol. The van der Waals surface area contributed by atoms with E-state index in [0.29, 0.717) is 11.3 Å². The first-order valence-corrected chi connectivity index (χ1v) is 6.59. The molecule has 0 bridgehead atoms. The van der Waals surface area contributed by atoms with Crippen LogP contribution < -0.4 is 5.73 Å². The zero-order chi connectivity index (χ0) is 11.5. The first-order valence-electron chi connectivity index (χ1n) is 5.04. The highest BCUT2D eigenvalue weighted by Gasteiger charge is 2.22. The predicted octanol–water partition coefficient (Wildman–Crippen LogP) is 1.85. The summed E-state index contributed by atoms with van der Waals surface area (Å²) in [6, 6.07) is 6.79. The van der Waals surface area contributed by atoms with Crippen molar-refractivity contribution >= 4 is 9.84 Å². The van der Waals surface area contributed by atoms with E-state index in [0.717, 1.165) is 12.0 Å². The minimum Gasteiger partial charge on any atom is -0.315 e. The molecule has 1 aromatic rings. The standard InChI is InChI=1S/C11H17NO2S/c1-3-4-11(12)15(13,14)10-7-5-9(2)6-8-10/h5-8,11H,3-4,12H2,1-2H3. The van der Waals surface area contributed by atoms with Crippen molar-refractivity contribution in [1.82, 2.24) is 0 Å². The number of sulfone groups is 1. The van der Waals surface area contributed by atoms with Gasteiger partial charge in [-0.3, -0.25) is 0 Å². The second-order valence-electron chi connectivity index (χ2n) is 3.69. The van der Waals surface area contributed by atoms with Gasteiger partial charge in [-0.15, -0.1) is 0 Å². The van der Waals surface area contributed by atoms with Crippen molar-refractivity contribution in [2.75, 3.05) is 0 Å². The lowest BCUT2D eigenvalue weighted by Gasteiger charge is -2.11. The van der Waals surface area contributed by atoms with Gasteiger partial charge in [0.2, 0.25) is 0 Å². The predicted molar refractivity (Wildman–Crippen MR) is 61.2 cm³/mol. The molecule has 4 heteroatoms. The highest BCUT2D eigenvalue weighted by Crippen LogP contribution is 2.16. The Morgan fingerprint density at radius 1 is 1.27 bits per heavy atom. The molecule has 1 rings (SSSR count). The van der Waals surface area contributed by atoms with Crippen LogP contribution in [-0.2, 0) is 9.84 Å². The van der Waals surface area contributed by atoms with Crippen molar-refractivity contribution in [2.45, 2.75) is 37.0 Å². The van der Waals surface area contributed by atoms with Gasteiger partial charge in [0.15, 0.2) is 9.84 Å². The fourth-order valence-corrected chi connectivity index (χ4v) is 2.75. The Morgan fingerprint density at radius 3 is 2.27 bits per heavy atom. The molecule has 0 amide bonds. The Kier molecular flexibility index (Phi) is 3.88. The van der Waals surface area contributed by atoms with E-state index in [1.807, 2.05) is 13.8 Å². The average Bonchev–Trinajstić information content (AvgIpc) is 2.18. The molecular formula is C11H17NO2S. The van der Waals surface area contributed by atoms with Crippen molar-refractivity contribution < 1.29 is 8.42 Å². The summed E-state index contributed by atoms with van der Waals surface area (Å²) in [7, 11) is -3.34. The van der Waals surface area contributed by atoms with E-state index < -0.39 is 15.2 Å². The van der Waals surface area contributed by atoms with E-state index in [-0.39, 0.29) is 0 Å². The van der Waals surface area contributed by atoms with E-state index in [1.165, 1.54) is 0 Å². The molecule has 0 heterocycles. The average molecular weight is 227 g/mol. The molecule has 1 atom stereocenters. The molecule has 0 aliphatic rings. The molecule has 0 saturated carbocycles. The van der Waals surface area contributed by atoms with Gasteiger partial charge in [0.05, 0.1) is 4.90 Å². The molecule has 0 aliphatic heterocycles. The van der Waals surface area contributed by atoms with Gasteiger partial charge in [-0.2, -0.15) is 0 Å². The Balaban J connectivity index is 3.01. The molecule has 0 fully saturated rings. The van der Waals surface area contributed by atoms with Crippen molar-refractivity contribution in [2.24, 2.45) is 5.73 Å². The van der Waals surface area contributed by atoms with Crippen LogP contribution in [0, 0.1) is 6.92 Å². The molecule has 0 aromatic heterocycles. The molecule has 84 valence electrons. The third-order valence-corrected chi connectivity index (χ3v) is 4.28. The molecule has 2 N–H and O–H groups in total. The van der Waals surface area contributed by atoms with Crippen molar-refractivity contribution in [3.8, 4) is 0 Å². The van der Waals surface area contributed by atoms with E-state index in [1.54, 1.807) is 24.3 Å². The van der Waals surface area contributed by atoms with E-state index in [4.69, 9.17) is 5.73 Å². The Morgan fingerprint density at radius 2 is 1.80 bits per heavy atom. The second kappa shape index (κ2) is 4.77. The van der Waals surface area contributed by atoms with Crippen LogP contribution in [0.5, 0.6) is 0 Å². The largest absolute Gasteiger partial charge is 0.315 e. The van der Waals surface area contributed by atoms with Gasteiger partial charge in [0.25, 0.3) is 0 Å². The van der Waals surface area contributed by atoms with Crippen LogP contribution in [0.2, 0.25) is 0 Å².